The molecule has 0 saturated carbocycles. The number of phosphoric acid groups is 1. The number of allylic oxidation sites excluding steroid dienone is 2. The van der Waals surface area contributed by atoms with Gasteiger partial charge in [-0.1, -0.05) is 206 Å². The Morgan fingerprint density at radius 1 is 0.526 bits per heavy atom. The minimum atomic E-state index is -4.42. The monoisotopic (exact) mass is 830 g/mol. The zero-order valence-electron chi connectivity index (χ0n) is 37.3. The molecule has 0 aliphatic heterocycles. The van der Waals surface area contributed by atoms with Crippen LogP contribution in [0, 0.1) is 0 Å². The van der Waals surface area contributed by atoms with E-state index in [1.807, 2.05) is 0 Å². The number of aliphatic hydroxyl groups excluding tert-OH is 1. The van der Waals surface area contributed by atoms with Crippen LogP contribution in [0.2, 0.25) is 0 Å². The van der Waals surface area contributed by atoms with Crippen molar-refractivity contribution in [2.24, 2.45) is 0 Å². The van der Waals surface area contributed by atoms with Gasteiger partial charge in [-0.05, 0) is 38.5 Å². The maximum absolute atomic E-state index is 12.1. The Kier molecular flexibility index (Phi) is 43.3. The first kappa shape index (κ1) is 55.8. The van der Waals surface area contributed by atoms with Crippen molar-refractivity contribution >= 4 is 19.7 Å². The van der Waals surface area contributed by atoms with Gasteiger partial charge in [0.1, 0.15) is 12.7 Å². The van der Waals surface area contributed by atoms with Crippen LogP contribution in [-0.4, -0.2) is 54.3 Å². The van der Waals surface area contributed by atoms with E-state index in [1.165, 1.54) is 161 Å². The van der Waals surface area contributed by atoms with Crippen molar-refractivity contribution in [1.29, 1.82) is 0 Å². The molecule has 9 nitrogen and oxygen atoms in total. The van der Waals surface area contributed by atoms with Crippen molar-refractivity contribution in [3.05, 3.63) is 12.2 Å². The summed E-state index contributed by atoms with van der Waals surface area (Å²) in [4.78, 5) is 34.0. The molecule has 0 aromatic carbocycles. The summed E-state index contributed by atoms with van der Waals surface area (Å²) in [5.74, 6) is -0.513. The lowest BCUT2D eigenvalue weighted by Crippen LogP contribution is -2.27. The number of unbranched alkanes of at least 4 members (excludes halogenated alkanes) is 31. The second-order valence-electron chi connectivity index (χ2n) is 16.4. The van der Waals surface area contributed by atoms with Gasteiger partial charge in [0, 0.05) is 19.4 Å². The summed E-state index contributed by atoms with van der Waals surface area (Å²) < 4.78 is 26.9. The van der Waals surface area contributed by atoms with Crippen molar-refractivity contribution in [3.8, 4) is 0 Å². The van der Waals surface area contributed by atoms with E-state index in [2.05, 4.69) is 31.3 Å². The summed E-state index contributed by atoms with van der Waals surface area (Å²) in [5, 5.41) is 12.7. The van der Waals surface area contributed by atoms with Crippen LogP contribution in [0.25, 0.3) is 0 Å². The third-order valence-electron chi connectivity index (χ3n) is 10.7. The molecule has 0 aliphatic rings. The number of phosphoric ester groups is 1. The normalized spacial score (nSPS) is 13.3. The fourth-order valence-corrected chi connectivity index (χ4v) is 7.78. The highest BCUT2D eigenvalue weighted by molar-refractivity contribution is 7.47. The topological polar surface area (TPSA) is 131 Å². The molecule has 0 spiro atoms. The zero-order chi connectivity index (χ0) is 41.8. The van der Waals surface area contributed by atoms with Crippen LogP contribution in [0.15, 0.2) is 12.2 Å². The molecular weight excluding hydrogens is 737 g/mol. The Bertz CT molecular complexity index is 948. The number of esters is 1. The van der Waals surface area contributed by atoms with Crippen LogP contribution in [0.5, 0.6) is 0 Å². The number of nitrogens with one attached hydrogen (secondary N) is 1. The average Bonchev–Trinajstić information content (AvgIpc) is 3.20. The van der Waals surface area contributed by atoms with E-state index in [4.69, 9.17) is 13.8 Å². The molecule has 0 aliphatic carbocycles. The van der Waals surface area contributed by atoms with E-state index in [9.17, 15) is 24.2 Å². The first-order chi connectivity index (χ1) is 27.8. The van der Waals surface area contributed by atoms with Gasteiger partial charge in [0.05, 0.1) is 13.2 Å². The number of carbonyl (C=O) groups is 2. The summed E-state index contributed by atoms with van der Waals surface area (Å²) in [6, 6.07) is 0. The van der Waals surface area contributed by atoms with E-state index >= 15 is 0 Å². The molecular formula is C47H92NO8P. The molecule has 0 saturated heterocycles. The minimum Gasteiger partial charge on any atom is -0.463 e. The van der Waals surface area contributed by atoms with Crippen molar-refractivity contribution in [1.82, 2.24) is 5.32 Å². The van der Waals surface area contributed by atoms with E-state index in [0.717, 1.165) is 57.8 Å². The van der Waals surface area contributed by atoms with Crippen LogP contribution in [0.1, 0.15) is 245 Å². The van der Waals surface area contributed by atoms with Gasteiger partial charge in [0.25, 0.3) is 0 Å². The van der Waals surface area contributed by atoms with Gasteiger partial charge in [-0.3, -0.25) is 18.6 Å². The summed E-state index contributed by atoms with van der Waals surface area (Å²) in [5.41, 5.74) is 0. The molecule has 0 fully saturated rings. The third-order valence-corrected chi connectivity index (χ3v) is 11.7. The molecule has 0 bridgehead atoms. The highest BCUT2D eigenvalue weighted by atomic mass is 31.2. The Balaban J connectivity index is 3.54. The smallest absolute Gasteiger partial charge is 0.463 e. The third kappa shape index (κ3) is 45.7. The maximum Gasteiger partial charge on any atom is 0.472 e. The van der Waals surface area contributed by atoms with Crippen molar-refractivity contribution in [2.45, 2.75) is 251 Å². The number of rotatable bonds is 46. The largest absolute Gasteiger partial charge is 0.472 e. The van der Waals surface area contributed by atoms with Gasteiger partial charge in [0.15, 0.2) is 0 Å². The molecule has 338 valence electrons. The second-order valence-corrected chi connectivity index (χ2v) is 17.9. The van der Waals surface area contributed by atoms with E-state index in [0.29, 0.717) is 6.42 Å². The molecule has 0 rings (SSSR count). The van der Waals surface area contributed by atoms with E-state index < -0.39 is 26.5 Å². The van der Waals surface area contributed by atoms with Crippen LogP contribution < -0.4 is 5.32 Å². The van der Waals surface area contributed by atoms with Gasteiger partial charge < -0.3 is 20.1 Å². The Hall–Kier alpha value is -1.25. The number of carbonyl (C=O) groups excluding carboxylic acids is 2. The molecule has 2 unspecified atom stereocenters. The number of aliphatic hydroxyl groups is 1. The molecule has 0 radical (unpaired) electrons. The lowest BCUT2D eigenvalue weighted by Gasteiger charge is -2.15. The first-order valence-corrected chi connectivity index (χ1v) is 25.7. The molecule has 2 atom stereocenters. The molecule has 0 aromatic rings. The number of hydrogen-bond acceptors (Lipinski definition) is 7. The van der Waals surface area contributed by atoms with Gasteiger partial charge in [-0.15, -0.1) is 0 Å². The van der Waals surface area contributed by atoms with Crippen LogP contribution in [0.4, 0.5) is 0 Å². The minimum absolute atomic E-state index is 0.0858. The Labute approximate surface area is 351 Å². The van der Waals surface area contributed by atoms with E-state index in [1.54, 1.807) is 0 Å². The molecule has 57 heavy (non-hydrogen) atoms. The van der Waals surface area contributed by atoms with Gasteiger partial charge >= 0.3 is 13.8 Å². The van der Waals surface area contributed by atoms with Gasteiger partial charge in [-0.2, -0.15) is 0 Å². The van der Waals surface area contributed by atoms with Crippen LogP contribution in [-0.2, 0) is 27.9 Å². The number of ether oxygens (including phenoxy) is 1. The summed E-state index contributed by atoms with van der Waals surface area (Å²) in [6.07, 6.45) is 47.2. The van der Waals surface area contributed by atoms with Crippen molar-refractivity contribution in [3.63, 3.8) is 0 Å². The summed E-state index contributed by atoms with van der Waals surface area (Å²) in [7, 11) is -4.42. The summed E-state index contributed by atoms with van der Waals surface area (Å²) in [6.45, 7) is 3.59. The van der Waals surface area contributed by atoms with E-state index in [-0.39, 0.29) is 32.1 Å². The highest BCUT2D eigenvalue weighted by Gasteiger charge is 2.23. The highest BCUT2D eigenvalue weighted by Crippen LogP contribution is 2.42. The Morgan fingerprint density at radius 3 is 1.32 bits per heavy atom. The van der Waals surface area contributed by atoms with Crippen molar-refractivity contribution < 1.29 is 37.9 Å². The second kappa shape index (κ2) is 44.3. The Morgan fingerprint density at radius 2 is 0.895 bits per heavy atom. The van der Waals surface area contributed by atoms with Gasteiger partial charge in [-0.25, -0.2) is 4.57 Å². The standard InChI is InChI=1S/C47H92NO8P/c1-3-5-7-9-11-13-15-17-19-21-22-23-24-25-27-29-31-33-35-37-39-46(50)48-41-42-55-57(52,53)56-44-45(49)43-54-47(51)40-38-36-34-32-30-28-26-20-18-16-14-12-10-8-6-4-2/h20,26,45,49H,3-19,21-25,27-44H2,1-2H3,(H,48,50)(H,52,53)/b26-20-. The molecule has 10 heteroatoms. The van der Waals surface area contributed by atoms with Crippen molar-refractivity contribution in [2.75, 3.05) is 26.4 Å². The predicted octanol–water partition coefficient (Wildman–Crippen LogP) is 13.8. The number of hydrogen-bond donors (Lipinski definition) is 3. The van der Waals surface area contributed by atoms with Crippen LogP contribution >= 0.6 is 7.82 Å². The quantitative estimate of drug-likeness (QED) is 0.0239. The lowest BCUT2D eigenvalue weighted by molar-refractivity contribution is -0.147. The zero-order valence-corrected chi connectivity index (χ0v) is 38.2. The molecule has 0 aromatic heterocycles. The number of amides is 1. The lowest BCUT2D eigenvalue weighted by atomic mass is 10.0. The summed E-state index contributed by atoms with van der Waals surface area (Å²) >= 11 is 0. The molecule has 0 heterocycles. The first-order valence-electron chi connectivity index (χ1n) is 24.2. The molecule has 3 N–H and O–H groups in total. The molecule has 1 amide bonds. The maximum atomic E-state index is 12.1. The SMILES string of the molecule is CCCCCCCCC/C=C\CCCCCCCC(=O)OCC(O)COP(=O)(O)OCCNC(=O)CCCCCCCCCCCCCCCCCCCCCC. The fourth-order valence-electron chi connectivity index (χ4n) is 7.02. The fraction of sp³-hybridized carbons (Fsp3) is 0.915. The average molecular weight is 830 g/mol. The van der Waals surface area contributed by atoms with Crippen LogP contribution in [0.3, 0.4) is 0 Å². The van der Waals surface area contributed by atoms with Gasteiger partial charge in [0.2, 0.25) is 5.91 Å². The predicted molar refractivity (Wildman–Crippen MR) is 238 cm³/mol.